The van der Waals surface area contributed by atoms with Crippen molar-refractivity contribution in [2.75, 3.05) is 6.61 Å². The maximum absolute atomic E-state index is 13.1. The molecule has 0 radical (unpaired) electrons. The Morgan fingerprint density at radius 2 is 1.60 bits per heavy atom. The molecule has 35 heavy (non-hydrogen) atoms. The van der Waals surface area contributed by atoms with Crippen LogP contribution in [-0.2, 0) is 20.9 Å². The van der Waals surface area contributed by atoms with E-state index in [0.29, 0.717) is 21.7 Å². The number of ketones is 1. The van der Waals surface area contributed by atoms with E-state index in [1.807, 2.05) is 6.07 Å². The lowest BCUT2D eigenvalue weighted by Crippen LogP contribution is -2.29. The van der Waals surface area contributed by atoms with Crippen molar-refractivity contribution in [3.63, 3.8) is 0 Å². The Bertz CT molecular complexity index is 1320. The van der Waals surface area contributed by atoms with E-state index < -0.39 is 23.7 Å². The van der Waals surface area contributed by atoms with Crippen LogP contribution in [0.25, 0.3) is 5.76 Å². The van der Waals surface area contributed by atoms with E-state index in [2.05, 4.69) is 0 Å². The number of Topliss-reactive ketones (excluding diaryl/α,β-unsaturated/α-hetero) is 1. The zero-order valence-corrected chi connectivity index (χ0v) is 20.2. The number of amides is 1. The van der Waals surface area contributed by atoms with Crippen LogP contribution in [0.4, 0.5) is 0 Å². The zero-order chi connectivity index (χ0) is 25.1. The van der Waals surface area contributed by atoms with Gasteiger partial charge in [0.25, 0.3) is 11.7 Å². The number of hydrogen-bond donors (Lipinski definition) is 1. The summed E-state index contributed by atoms with van der Waals surface area (Å²) < 4.78 is 5.01. The van der Waals surface area contributed by atoms with Crippen LogP contribution in [-0.4, -0.2) is 34.3 Å². The predicted octanol–water partition coefficient (Wildman–Crippen LogP) is 5.79. The van der Waals surface area contributed by atoms with Gasteiger partial charge in [0.05, 0.1) is 33.8 Å². The summed E-state index contributed by atoms with van der Waals surface area (Å²) in [5.41, 5.74) is 1.99. The second-order valence-electron chi connectivity index (χ2n) is 7.88. The first kappa shape index (κ1) is 24.5. The van der Waals surface area contributed by atoms with Crippen molar-refractivity contribution < 1.29 is 24.2 Å². The first-order valence-corrected chi connectivity index (χ1v) is 11.6. The second-order valence-corrected chi connectivity index (χ2v) is 8.70. The van der Waals surface area contributed by atoms with Gasteiger partial charge in [0.2, 0.25) is 0 Å². The quantitative estimate of drug-likeness (QED) is 0.196. The Morgan fingerprint density at radius 1 is 0.943 bits per heavy atom. The van der Waals surface area contributed by atoms with Crippen molar-refractivity contribution in [3.8, 4) is 0 Å². The lowest BCUT2D eigenvalue weighted by atomic mass is 9.95. The normalized spacial score (nSPS) is 17.0. The maximum atomic E-state index is 13.1. The number of likely N-dealkylation sites (tertiary alicyclic amines) is 1. The number of aliphatic hydroxyl groups is 1. The van der Waals surface area contributed by atoms with Gasteiger partial charge in [0.15, 0.2) is 0 Å². The minimum Gasteiger partial charge on any atom is -0.507 e. The average molecular weight is 510 g/mol. The second kappa shape index (κ2) is 10.3. The third-order valence-corrected chi connectivity index (χ3v) is 6.41. The van der Waals surface area contributed by atoms with Crippen LogP contribution in [0.2, 0.25) is 10.0 Å². The van der Waals surface area contributed by atoms with Crippen molar-refractivity contribution in [2.24, 2.45) is 0 Å². The van der Waals surface area contributed by atoms with Crippen LogP contribution >= 0.6 is 23.2 Å². The van der Waals surface area contributed by atoms with Crippen LogP contribution in [0.15, 0.2) is 78.4 Å². The van der Waals surface area contributed by atoms with Crippen LogP contribution in [0, 0.1) is 0 Å². The number of ether oxygens (including phenoxy) is 1. The highest BCUT2D eigenvalue weighted by Crippen LogP contribution is 2.40. The standard InChI is InChI=1S/C27H21Cl2NO5/c1-2-35-27(34)18-10-8-16(9-11-18)15-30-23(17-6-4-3-5-7-17)22(25(32)26(30)33)24(31)19-12-13-20(28)21(29)14-19/h3-14,23,31H,2,15H2,1H3/b24-22-. The summed E-state index contributed by atoms with van der Waals surface area (Å²) in [5.74, 6) is -2.32. The molecular weight excluding hydrogens is 489 g/mol. The Balaban J connectivity index is 1.76. The van der Waals surface area contributed by atoms with Gasteiger partial charge < -0.3 is 14.7 Å². The number of aliphatic hydroxyl groups excluding tert-OH is 1. The number of esters is 1. The number of benzene rings is 3. The number of carbonyl (C=O) groups excluding carboxylic acids is 3. The van der Waals surface area contributed by atoms with Gasteiger partial charge in [0.1, 0.15) is 5.76 Å². The Labute approximate surface area is 212 Å². The smallest absolute Gasteiger partial charge is 0.338 e. The van der Waals surface area contributed by atoms with E-state index in [9.17, 15) is 19.5 Å². The van der Waals surface area contributed by atoms with Gasteiger partial charge in [-0.05, 0) is 48.4 Å². The van der Waals surface area contributed by atoms with Gasteiger partial charge in [-0.15, -0.1) is 0 Å². The zero-order valence-electron chi connectivity index (χ0n) is 18.7. The molecule has 1 heterocycles. The van der Waals surface area contributed by atoms with Gasteiger partial charge in [-0.2, -0.15) is 0 Å². The Morgan fingerprint density at radius 3 is 2.23 bits per heavy atom. The van der Waals surface area contributed by atoms with Gasteiger partial charge in [-0.25, -0.2) is 4.79 Å². The largest absolute Gasteiger partial charge is 0.507 e. The fourth-order valence-electron chi connectivity index (χ4n) is 3.98. The van der Waals surface area contributed by atoms with Gasteiger partial charge in [0, 0.05) is 12.1 Å². The summed E-state index contributed by atoms with van der Waals surface area (Å²) >= 11 is 12.1. The van der Waals surface area contributed by atoms with Crippen LogP contribution in [0.1, 0.15) is 40.0 Å². The minimum atomic E-state index is -0.824. The van der Waals surface area contributed by atoms with Crippen LogP contribution in [0.5, 0.6) is 0 Å². The van der Waals surface area contributed by atoms with Crippen LogP contribution < -0.4 is 0 Å². The van der Waals surface area contributed by atoms with Crippen molar-refractivity contribution in [1.29, 1.82) is 0 Å². The molecule has 4 rings (SSSR count). The molecule has 1 amide bonds. The summed E-state index contributed by atoms with van der Waals surface area (Å²) in [5, 5.41) is 11.6. The Kier molecular flexibility index (Phi) is 7.24. The monoisotopic (exact) mass is 509 g/mol. The van der Waals surface area contributed by atoms with E-state index in [4.69, 9.17) is 27.9 Å². The SMILES string of the molecule is CCOC(=O)c1ccc(CN2C(=O)C(=O)/C(=C(\O)c3ccc(Cl)c(Cl)c3)C2c2ccccc2)cc1. The summed E-state index contributed by atoms with van der Waals surface area (Å²) in [6, 6.07) is 19.3. The van der Waals surface area contributed by atoms with Gasteiger partial charge in [-0.3, -0.25) is 9.59 Å². The molecule has 0 saturated carbocycles. The minimum absolute atomic E-state index is 0.0391. The molecule has 0 bridgehead atoms. The fraction of sp³-hybridized carbons (Fsp3) is 0.148. The predicted molar refractivity (Wildman–Crippen MR) is 133 cm³/mol. The summed E-state index contributed by atoms with van der Waals surface area (Å²) in [6.45, 7) is 2.08. The molecule has 0 spiro atoms. The van der Waals surface area contributed by atoms with Crippen molar-refractivity contribution in [1.82, 2.24) is 4.90 Å². The lowest BCUT2D eigenvalue weighted by Gasteiger charge is -2.25. The average Bonchev–Trinajstić information content (AvgIpc) is 3.11. The number of carbonyl (C=O) groups is 3. The number of rotatable bonds is 6. The number of hydrogen-bond acceptors (Lipinski definition) is 5. The van der Waals surface area contributed by atoms with Crippen molar-refractivity contribution >= 4 is 46.6 Å². The van der Waals surface area contributed by atoms with E-state index in [1.54, 1.807) is 55.5 Å². The summed E-state index contributed by atoms with van der Waals surface area (Å²) in [7, 11) is 0. The van der Waals surface area contributed by atoms with Gasteiger partial charge in [-0.1, -0.05) is 65.7 Å². The highest BCUT2D eigenvalue weighted by atomic mass is 35.5. The van der Waals surface area contributed by atoms with E-state index in [1.165, 1.54) is 23.1 Å². The van der Waals surface area contributed by atoms with E-state index in [0.717, 1.165) is 0 Å². The van der Waals surface area contributed by atoms with Gasteiger partial charge >= 0.3 is 5.97 Å². The highest BCUT2D eigenvalue weighted by molar-refractivity contribution is 6.46. The maximum Gasteiger partial charge on any atom is 0.338 e. The topological polar surface area (TPSA) is 83.9 Å². The molecule has 1 aliphatic rings. The first-order chi connectivity index (χ1) is 16.8. The molecule has 1 atom stereocenters. The molecule has 0 aliphatic carbocycles. The van der Waals surface area contributed by atoms with Crippen molar-refractivity contribution in [3.05, 3.63) is 111 Å². The van der Waals surface area contributed by atoms with Crippen molar-refractivity contribution in [2.45, 2.75) is 19.5 Å². The molecule has 3 aromatic carbocycles. The molecule has 178 valence electrons. The van der Waals surface area contributed by atoms with E-state index in [-0.39, 0.29) is 35.1 Å². The summed E-state index contributed by atoms with van der Waals surface area (Å²) in [6.07, 6.45) is 0. The number of nitrogens with zero attached hydrogens (tertiary/aromatic N) is 1. The molecule has 1 fully saturated rings. The molecule has 1 unspecified atom stereocenters. The number of halogens is 2. The first-order valence-electron chi connectivity index (χ1n) is 10.9. The highest BCUT2D eigenvalue weighted by Gasteiger charge is 2.46. The molecule has 8 heteroatoms. The van der Waals surface area contributed by atoms with Crippen LogP contribution in [0.3, 0.4) is 0 Å². The van der Waals surface area contributed by atoms with E-state index >= 15 is 0 Å². The molecule has 1 N–H and O–H groups in total. The molecule has 6 nitrogen and oxygen atoms in total. The lowest BCUT2D eigenvalue weighted by molar-refractivity contribution is -0.140. The molecule has 1 saturated heterocycles. The Hall–Kier alpha value is -3.61. The molecular formula is C27H21Cl2NO5. The third-order valence-electron chi connectivity index (χ3n) is 5.67. The fourth-order valence-corrected chi connectivity index (χ4v) is 4.28. The molecule has 3 aromatic rings. The summed E-state index contributed by atoms with van der Waals surface area (Å²) in [4.78, 5) is 39.6. The molecule has 0 aromatic heterocycles. The molecule has 1 aliphatic heterocycles. The third kappa shape index (κ3) is 4.94.